The second-order valence-corrected chi connectivity index (χ2v) is 6.82. The van der Waals surface area contributed by atoms with Crippen LogP contribution in [0.2, 0.25) is 0 Å². The van der Waals surface area contributed by atoms with Crippen LogP contribution in [0, 0.1) is 0 Å². The number of ether oxygens (including phenoxy) is 1. The summed E-state index contributed by atoms with van der Waals surface area (Å²) in [5, 5.41) is 7.48. The highest BCUT2D eigenvalue weighted by Crippen LogP contribution is 2.26. The van der Waals surface area contributed by atoms with Crippen LogP contribution < -0.4 is 15.4 Å². The Morgan fingerprint density at radius 3 is 2.66 bits per heavy atom. The molecule has 0 atom stereocenters. The Balaban J connectivity index is 1.55. The first-order chi connectivity index (χ1) is 13.9. The van der Waals surface area contributed by atoms with E-state index < -0.39 is 6.61 Å². The van der Waals surface area contributed by atoms with Gasteiger partial charge in [0.2, 0.25) is 11.8 Å². The van der Waals surface area contributed by atoms with Gasteiger partial charge >= 0.3 is 6.61 Å². The third kappa shape index (κ3) is 6.11. The molecule has 2 aromatic heterocycles. The van der Waals surface area contributed by atoms with Crippen molar-refractivity contribution in [1.29, 1.82) is 0 Å². The van der Waals surface area contributed by atoms with Crippen molar-refractivity contribution in [2.24, 2.45) is 0 Å². The lowest BCUT2D eigenvalue weighted by molar-refractivity contribution is -0.119. The van der Waals surface area contributed by atoms with Crippen molar-refractivity contribution in [1.82, 2.24) is 10.3 Å². The molecule has 152 valence electrons. The van der Waals surface area contributed by atoms with E-state index in [1.165, 1.54) is 30.4 Å². The predicted octanol–water partition coefficient (Wildman–Crippen LogP) is 3.82. The Labute approximate surface area is 168 Å². The SMILES string of the molecule is CC(=O)NCc1ccc(-c2csc(NC(=O)Cc3ccc(OC(F)F)cc3)n2)o1. The van der Waals surface area contributed by atoms with E-state index in [-0.39, 0.29) is 30.5 Å². The first-order valence-electron chi connectivity index (χ1n) is 8.51. The summed E-state index contributed by atoms with van der Waals surface area (Å²) < 4.78 is 34.2. The number of benzene rings is 1. The number of aromatic nitrogens is 1. The third-order valence-corrected chi connectivity index (χ3v) is 4.45. The molecule has 0 spiro atoms. The lowest BCUT2D eigenvalue weighted by atomic mass is 10.1. The molecule has 7 nitrogen and oxygen atoms in total. The molecule has 10 heteroatoms. The number of anilines is 1. The fraction of sp³-hybridized carbons (Fsp3) is 0.211. The Hall–Kier alpha value is -3.27. The maximum Gasteiger partial charge on any atom is 0.387 e. The van der Waals surface area contributed by atoms with E-state index in [1.54, 1.807) is 29.6 Å². The molecular formula is C19H17F2N3O4S. The Bertz CT molecular complexity index is 986. The highest BCUT2D eigenvalue weighted by atomic mass is 32.1. The van der Waals surface area contributed by atoms with Gasteiger partial charge in [0.15, 0.2) is 10.9 Å². The smallest absolute Gasteiger partial charge is 0.387 e. The maximum absolute atomic E-state index is 12.2. The van der Waals surface area contributed by atoms with Crippen LogP contribution in [0.3, 0.4) is 0 Å². The van der Waals surface area contributed by atoms with Crippen LogP contribution in [-0.4, -0.2) is 23.4 Å². The fourth-order valence-corrected chi connectivity index (χ4v) is 3.12. The summed E-state index contributed by atoms with van der Waals surface area (Å²) in [4.78, 5) is 27.5. The summed E-state index contributed by atoms with van der Waals surface area (Å²) in [6, 6.07) is 9.33. The molecule has 0 unspecified atom stereocenters. The van der Waals surface area contributed by atoms with Gasteiger partial charge in [-0.3, -0.25) is 9.59 Å². The van der Waals surface area contributed by atoms with Crippen LogP contribution in [0.25, 0.3) is 11.5 Å². The van der Waals surface area contributed by atoms with Gasteiger partial charge < -0.3 is 19.8 Å². The number of furan rings is 1. The summed E-state index contributed by atoms with van der Waals surface area (Å²) in [5.74, 6) is 0.701. The monoisotopic (exact) mass is 421 g/mol. The van der Waals surface area contributed by atoms with E-state index in [0.717, 1.165) is 0 Å². The highest BCUT2D eigenvalue weighted by Gasteiger charge is 2.12. The van der Waals surface area contributed by atoms with Crippen molar-refractivity contribution in [3.05, 3.63) is 53.1 Å². The number of carbonyl (C=O) groups excluding carboxylic acids is 2. The van der Waals surface area contributed by atoms with Crippen LogP contribution in [-0.2, 0) is 22.6 Å². The molecule has 1 aromatic carbocycles. The van der Waals surface area contributed by atoms with Crippen molar-refractivity contribution < 1.29 is 27.5 Å². The van der Waals surface area contributed by atoms with Crippen LogP contribution in [0.15, 0.2) is 46.2 Å². The molecule has 0 bridgehead atoms. The number of amides is 2. The third-order valence-electron chi connectivity index (χ3n) is 3.69. The van der Waals surface area contributed by atoms with Crippen LogP contribution in [0.1, 0.15) is 18.2 Å². The van der Waals surface area contributed by atoms with E-state index >= 15 is 0 Å². The number of nitrogens with zero attached hydrogens (tertiary/aromatic N) is 1. The number of carbonyl (C=O) groups is 2. The first-order valence-corrected chi connectivity index (χ1v) is 9.39. The fourth-order valence-electron chi connectivity index (χ4n) is 2.40. The predicted molar refractivity (Wildman–Crippen MR) is 103 cm³/mol. The van der Waals surface area contributed by atoms with Crippen molar-refractivity contribution in [3.8, 4) is 17.2 Å². The van der Waals surface area contributed by atoms with Gasteiger partial charge in [0, 0.05) is 12.3 Å². The normalized spacial score (nSPS) is 10.8. The molecule has 0 saturated carbocycles. The zero-order valence-corrected chi connectivity index (χ0v) is 16.1. The molecule has 29 heavy (non-hydrogen) atoms. The second kappa shape index (κ2) is 9.28. The summed E-state index contributed by atoms with van der Waals surface area (Å²) >= 11 is 1.24. The molecule has 0 fully saturated rings. The Morgan fingerprint density at radius 1 is 1.21 bits per heavy atom. The van der Waals surface area contributed by atoms with Gasteiger partial charge in [-0.05, 0) is 29.8 Å². The van der Waals surface area contributed by atoms with Crippen molar-refractivity contribution >= 4 is 28.3 Å². The number of halogens is 2. The highest BCUT2D eigenvalue weighted by molar-refractivity contribution is 7.14. The number of rotatable bonds is 8. The molecule has 3 aromatic rings. The van der Waals surface area contributed by atoms with Gasteiger partial charge in [-0.15, -0.1) is 11.3 Å². The van der Waals surface area contributed by atoms with E-state index in [9.17, 15) is 18.4 Å². The number of alkyl halides is 2. The largest absolute Gasteiger partial charge is 0.458 e. The average molecular weight is 421 g/mol. The second-order valence-electron chi connectivity index (χ2n) is 5.96. The van der Waals surface area contributed by atoms with Crippen LogP contribution >= 0.6 is 11.3 Å². The Morgan fingerprint density at radius 2 is 1.97 bits per heavy atom. The average Bonchev–Trinajstić information content (AvgIpc) is 3.30. The van der Waals surface area contributed by atoms with Gasteiger partial charge in [-0.1, -0.05) is 12.1 Å². The Kier molecular flexibility index (Phi) is 6.55. The molecule has 0 aliphatic carbocycles. The zero-order chi connectivity index (χ0) is 20.8. The molecule has 0 saturated heterocycles. The molecular weight excluding hydrogens is 404 g/mol. The van der Waals surface area contributed by atoms with Gasteiger partial charge in [-0.2, -0.15) is 8.78 Å². The van der Waals surface area contributed by atoms with Crippen molar-refractivity contribution in [2.75, 3.05) is 5.32 Å². The first kappa shape index (κ1) is 20.5. The molecule has 0 aliphatic rings. The number of thiazole rings is 1. The zero-order valence-electron chi connectivity index (χ0n) is 15.3. The summed E-state index contributed by atoms with van der Waals surface area (Å²) in [5.41, 5.74) is 1.21. The minimum Gasteiger partial charge on any atom is -0.458 e. The van der Waals surface area contributed by atoms with Gasteiger partial charge in [-0.25, -0.2) is 4.98 Å². The number of nitrogens with one attached hydrogen (secondary N) is 2. The van der Waals surface area contributed by atoms with E-state index in [0.29, 0.717) is 27.9 Å². The van der Waals surface area contributed by atoms with E-state index in [4.69, 9.17) is 4.42 Å². The molecule has 0 radical (unpaired) electrons. The van der Waals surface area contributed by atoms with Crippen LogP contribution in [0.5, 0.6) is 5.75 Å². The molecule has 0 aliphatic heterocycles. The lowest BCUT2D eigenvalue weighted by Crippen LogP contribution is -2.18. The minimum atomic E-state index is -2.89. The van der Waals surface area contributed by atoms with Crippen LogP contribution in [0.4, 0.5) is 13.9 Å². The minimum absolute atomic E-state index is 0.0324. The van der Waals surface area contributed by atoms with Crippen molar-refractivity contribution in [3.63, 3.8) is 0 Å². The van der Waals surface area contributed by atoms with Gasteiger partial charge in [0.05, 0.1) is 13.0 Å². The lowest BCUT2D eigenvalue weighted by Gasteiger charge is -2.05. The van der Waals surface area contributed by atoms with Gasteiger partial charge in [0.1, 0.15) is 17.2 Å². The molecule has 2 N–H and O–H groups in total. The van der Waals surface area contributed by atoms with E-state index in [1.807, 2.05) is 0 Å². The summed E-state index contributed by atoms with van der Waals surface area (Å²) in [7, 11) is 0. The molecule has 3 rings (SSSR count). The molecule has 2 heterocycles. The number of hydrogen-bond acceptors (Lipinski definition) is 6. The summed E-state index contributed by atoms with van der Waals surface area (Å²) in [6.45, 7) is -1.19. The molecule has 2 amide bonds. The van der Waals surface area contributed by atoms with E-state index in [2.05, 4.69) is 20.4 Å². The quantitative estimate of drug-likeness (QED) is 0.577. The summed E-state index contributed by atoms with van der Waals surface area (Å²) in [6.07, 6.45) is 0.0610. The topological polar surface area (TPSA) is 93.5 Å². The standard InChI is InChI=1S/C19H17F2N3O4S/c1-11(25)22-9-14-6-7-16(27-14)15-10-29-19(23-15)24-17(26)8-12-2-4-13(5-3-12)28-18(20)21/h2-7,10,18H,8-9H2,1H3,(H,22,25)(H,23,24,26). The maximum atomic E-state index is 12.2. The number of hydrogen-bond donors (Lipinski definition) is 2. The van der Waals surface area contributed by atoms with Crippen molar-refractivity contribution in [2.45, 2.75) is 26.5 Å². The van der Waals surface area contributed by atoms with Gasteiger partial charge in [0.25, 0.3) is 0 Å².